The van der Waals surface area contributed by atoms with Crippen LogP contribution >= 0.6 is 22.6 Å². The van der Waals surface area contributed by atoms with E-state index >= 15 is 0 Å². The van der Waals surface area contributed by atoms with Gasteiger partial charge < -0.3 is 14.9 Å². The number of aromatic nitrogens is 1. The summed E-state index contributed by atoms with van der Waals surface area (Å²) in [5, 5.41) is 10.8. The van der Waals surface area contributed by atoms with Crippen molar-refractivity contribution in [1.29, 1.82) is 0 Å². The fourth-order valence-electron chi connectivity index (χ4n) is 1.64. The molecular formula is C13H10FIN2O3. The lowest BCUT2D eigenvalue weighted by molar-refractivity contribution is -0.390. The van der Waals surface area contributed by atoms with E-state index < -0.39 is 4.92 Å². The number of nitrogens with zero attached hydrogens (tertiary/aromatic N) is 2. The zero-order valence-corrected chi connectivity index (χ0v) is 12.4. The third kappa shape index (κ3) is 3.62. The lowest BCUT2D eigenvalue weighted by atomic mass is 10.1. The number of halogens is 2. The van der Waals surface area contributed by atoms with Crippen molar-refractivity contribution in [2.75, 3.05) is 6.61 Å². The highest BCUT2D eigenvalue weighted by Gasteiger charge is 2.15. The van der Waals surface area contributed by atoms with E-state index in [4.69, 9.17) is 4.74 Å². The zero-order valence-electron chi connectivity index (χ0n) is 10.3. The van der Waals surface area contributed by atoms with Gasteiger partial charge in [0.15, 0.2) is 0 Å². The first-order valence-electron chi connectivity index (χ1n) is 5.74. The maximum Gasteiger partial charge on any atom is 0.406 e. The Balaban J connectivity index is 2.03. The van der Waals surface area contributed by atoms with Crippen LogP contribution in [0.25, 0.3) is 0 Å². The van der Waals surface area contributed by atoms with E-state index in [0.717, 1.165) is 9.13 Å². The highest BCUT2D eigenvalue weighted by molar-refractivity contribution is 14.1. The Kier molecular flexibility index (Phi) is 4.83. The van der Waals surface area contributed by atoms with Crippen LogP contribution in [0.2, 0.25) is 0 Å². The number of nitro groups is 1. The van der Waals surface area contributed by atoms with E-state index in [0.29, 0.717) is 6.42 Å². The molecule has 104 valence electrons. The van der Waals surface area contributed by atoms with Gasteiger partial charge in [-0.05, 0) is 68.4 Å². The van der Waals surface area contributed by atoms with Crippen LogP contribution in [0.4, 0.5) is 10.2 Å². The SMILES string of the molecule is O=[N+]([O-])c1ncccc1OCCc1cc(F)ccc1I. The summed E-state index contributed by atoms with van der Waals surface area (Å²) in [6.07, 6.45) is 1.79. The van der Waals surface area contributed by atoms with Crippen LogP contribution in [0.1, 0.15) is 5.56 Å². The van der Waals surface area contributed by atoms with Gasteiger partial charge in [-0.25, -0.2) is 4.39 Å². The van der Waals surface area contributed by atoms with Crippen LogP contribution in [0.3, 0.4) is 0 Å². The summed E-state index contributed by atoms with van der Waals surface area (Å²) in [7, 11) is 0. The van der Waals surface area contributed by atoms with Gasteiger partial charge >= 0.3 is 5.82 Å². The van der Waals surface area contributed by atoms with E-state index in [9.17, 15) is 14.5 Å². The summed E-state index contributed by atoms with van der Waals surface area (Å²) < 4.78 is 19.4. The Morgan fingerprint density at radius 3 is 2.95 bits per heavy atom. The van der Waals surface area contributed by atoms with Crippen molar-refractivity contribution in [3.8, 4) is 5.75 Å². The van der Waals surface area contributed by atoms with Gasteiger partial charge in [-0.15, -0.1) is 0 Å². The van der Waals surface area contributed by atoms with Gasteiger partial charge in [0.25, 0.3) is 0 Å². The molecule has 0 atom stereocenters. The molecular weight excluding hydrogens is 378 g/mol. The molecule has 0 bridgehead atoms. The quantitative estimate of drug-likeness (QED) is 0.448. The number of benzene rings is 1. The van der Waals surface area contributed by atoms with Crippen molar-refractivity contribution < 1.29 is 14.1 Å². The molecule has 5 nitrogen and oxygen atoms in total. The first-order chi connectivity index (χ1) is 9.58. The summed E-state index contributed by atoms with van der Waals surface area (Å²) in [6.45, 7) is 0.214. The van der Waals surface area contributed by atoms with Crippen LogP contribution in [-0.2, 0) is 6.42 Å². The summed E-state index contributed by atoms with van der Waals surface area (Å²) in [5.74, 6) is -0.516. The van der Waals surface area contributed by atoms with Crippen molar-refractivity contribution in [3.05, 3.63) is 61.6 Å². The van der Waals surface area contributed by atoms with Gasteiger partial charge in [0.1, 0.15) is 12.0 Å². The minimum atomic E-state index is -0.596. The van der Waals surface area contributed by atoms with E-state index in [1.807, 2.05) is 0 Å². The van der Waals surface area contributed by atoms with Crippen molar-refractivity contribution in [2.24, 2.45) is 0 Å². The standard InChI is InChI=1S/C13H10FIN2O3/c14-10-3-4-11(15)9(8-10)5-7-20-12-2-1-6-16-13(12)17(18)19/h1-4,6,8H,5,7H2. The Morgan fingerprint density at radius 1 is 1.40 bits per heavy atom. The molecule has 1 aromatic heterocycles. The number of ether oxygens (including phenoxy) is 1. The van der Waals surface area contributed by atoms with Crippen molar-refractivity contribution in [2.45, 2.75) is 6.42 Å². The molecule has 1 aromatic carbocycles. The van der Waals surface area contributed by atoms with E-state index in [1.165, 1.54) is 24.4 Å². The normalized spacial score (nSPS) is 10.3. The van der Waals surface area contributed by atoms with Crippen molar-refractivity contribution in [1.82, 2.24) is 4.98 Å². The highest BCUT2D eigenvalue weighted by Crippen LogP contribution is 2.23. The van der Waals surface area contributed by atoms with E-state index in [2.05, 4.69) is 27.6 Å². The molecule has 0 aliphatic carbocycles. The summed E-state index contributed by atoms with van der Waals surface area (Å²) >= 11 is 2.11. The predicted molar refractivity (Wildman–Crippen MR) is 79.2 cm³/mol. The molecule has 0 amide bonds. The number of pyridine rings is 1. The lowest BCUT2D eigenvalue weighted by Crippen LogP contribution is -2.05. The fraction of sp³-hybridized carbons (Fsp3) is 0.154. The third-order valence-corrected chi connectivity index (χ3v) is 3.61. The van der Waals surface area contributed by atoms with E-state index in [1.54, 1.807) is 12.1 Å². The maximum atomic E-state index is 13.1. The largest absolute Gasteiger partial charge is 0.485 e. The molecule has 0 fully saturated rings. The van der Waals surface area contributed by atoms with Crippen molar-refractivity contribution in [3.63, 3.8) is 0 Å². The first-order valence-corrected chi connectivity index (χ1v) is 6.82. The van der Waals surface area contributed by atoms with E-state index in [-0.39, 0.29) is 24.0 Å². The molecule has 7 heteroatoms. The van der Waals surface area contributed by atoms with Crippen LogP contribution < -0.4 is 4.74 Å². The van der Waals surface area contributed by atoms with Crippen LogP contribution in [-0.4, -0.2) is 16.5 Å². The Morgan fingerprint density at radius 2 is 2.20 bits per heavy atom. The summed E-state index contributed by atoms with van der Waals surface area (Å²) in [4.78, 5) is 13.8. The van der Waals surface area contributed by atoms with Crippen LogP contribution in [0, 0.1) is 19.5 Å². The average Bonchev–Trinajstić information content (AvgIpc) is 2.43. The molecule has 0 saturated heterocycles. The maximum absolute atomic E-state index is 13.1. The smallest absolute Gasteiger partial charge is 0.406 e. The summed E-state index contributed by atoms with van der Waals surface area (Å²) in [5.41, 5.74) is 0.803. The van der Waals surface area contributed by atoms with Crippen LogP contribution in [0.15, 0.2) is 36.5 Å². The minimum absolute atomic E-state index is 0.115. The first kappa shape index (κ1) is 14.6. The summed E-state index contributed by atoms with van der Waals surface area (Å²) in [6, 6.07) is 7.55. The van der Waals surface area contributed by atoms with Gasteiger partial charge in [-0.2, -0.15) is 0 Å². The third-order valence-electron chi connectivity index (χ3n) is 2.56. The molecule has 2 rings (SSSR count). The number of hydrogen-bond donors (Lipinski definition) is 0. The molecule has 0 aliphatic heterocycles. The second kappa shape index (κ2) is 6.60. The molecule has 1 heterocycles. The molecule has 0 radical (unpaired) electrons. The van der Waals surface area contributed by atoms with Gasteiger partial charge in [-0.3, -0.25) is 0 Å². The minimum Gasteiger partial charge on any atom is -0.485 e. The Labute approximate surface area is 128 Å². The number of rotatable bonds is 5. The molecule has 0 saturated carbocycles. The predicted octanol–water partition coefficient (Wildman–Crippen LogP) is 3.36. The monoisotopic (exact) mass is 388 g/mol. The van der Waals surface area contributed by atoms with Crippen LogP contribution in [0.5, 0.6) is 5.75 Å². The number of hydrogen-bond acceptors (Lipinski definition) is 4. The van der Waals surface area contributed by atoms with Gasteiger partial charge in [0.2, 0.25) is 5.75 Å². The Hall–Kier alpha value is -1.77. The zero-order chi connectivity index (χ0) is 14.5. The second-order valence-corrected chi connectivity index (χ2v) is 5.08. The molecule has 2 aromatic rings. The molecule has 0 spiro atoms. The Bertz CT molecular complexity index is 637. The highest BCUT2D eigenvalue weighted by atomic mass is 127. The molecule has 0 N–H and O–H groups in total. The molecule has 0 aliphatic rings. The topological polar surface area (TPSA) is 65.3 Å². The lowest BCUT2D eigenvalue weighted by Gasteiger charge is -2.07. The van der Waals surface area contributed by atoms with Gasteiger partial charge in [0, 0.05) is 9.99 Å². The molecule has 0 unspecified atom stereocenters. The molecule has 20 heavy (non-hydrogen) atoms. The van der Waals surface area contributed by atoms with Gasteiger partial charge in [-0.1, -0.05) is 0 Å². The fourth-order valence-corrected chi connectivity index (χ4v) is 2.24. The second-order valence-electron chi connectivity index (χ2n) is 3.92. The van der Waals surface area contributed by atoms with Gasteiger partial charge in [0.05, 0.1) is 6.61 Å². The van der Waals surface area contributed by atoms with Crippen molar-refractivity contribution >= 4 is 28.4 Å². The average molecular weight is 388 g/mol.